The first-order valence-electron chi connectivity index (χ1n) is 14.5. The fourth-order valence-corrected chi connectivity index (χ4v) is 6.68. The van der Waals surface area contributed by atoms with E-state index in [1.165, 1.54) is 76.8 Å². The normalized spacial score (nSPS) is 11.3. The maximum atomic E-state index is 2.30. The number of hydrogen-bond donors (Lipinski definition) is 0. The topological polar surface area (TPSA) is 0 Å². The fraction of sp³-hybridized carbons (Fsp3) is 0. The summed E-state index contributed by atoms with van der Waals surface area (Å²) in [6, 6.07) is 61.7. The Balaban J connectivity index is 1.49. The van der Waals surface area contributed by atoms with Gasteiger partial charge in [-0.3, -0.25) is 0 Å². The molecule has 0 unspecified atom stereocenters. The second-order valence-corrected chi connectivity index (χ2v) is 10.8. The van der Waals surface area contributed by atoms with E-state index in [-0.39, 0.29) is 0 Å². The molecule has 0 saturated heterocycles. The molecule has 0 atom stereocenters. The van der Waals surface area contributed by atoms with Crippen molar-refractivity contribution in [3.05, 3.63) is 170 Å². The average Bonchev–Trinajstić information content (AvgIpc) is 3.07. The molecule has 196 valence electrons. The number of fused-ring (bicyclic) bond motifs is 3. The molecule has 0 spiro atoms. The van der Waals surface area contributed by atoms with Gasteiger partial charge in [0, 0.05) is 0 Å². The molecule has 0 aromatic heterocycles. The van der Waals surface area contributed by atoms with Crippen molar-refractivity contribution in [1.82, 2.24) is 0 Å². The molecule has 0 radical (unpaired) electrons. The van der Waals surface area contributed by atoms with Crippen LogP contribution in [0.25, 0.3) is 76.8 Å². The highest BCUT2D eigenvalue weighted by atomic mass is 14.2. The van der Waals surface area contributed by atoms with Crippen LogP contribution in [0.15, 0.2) is 170 Å². The lowest BCUT2D eigenvalue weighted by Gasteiger charge is -2.21. The highest BCUT2D eigenvalue weighted by Gasteiger charge is 2.20. The second-order valence-electron chi connectivity index (χ2n) is 10.8. The van der Waals surface area contributed by atoms with Crippen LogP contribution >= 0.6 is 0 Å². The summed E-state index contributed by atoms with van der Waals surface area (Å²) >= 11 is 0. The van der Waals surface area contributed by atoms with E-state index in [0.29, 0.717) is 0 Å². The molecule has 0 heterocycles. The van der Waals surface area contributed by atoms with E-state index < -0.39 is 0 Å². The van der Waals surface area contributed by atoms with Gasteiger partial charge in [-0.25, -0.2) is 0 Å². The zero-order valence-electron chi connectivity index (χ0n) is 23.2. The van der Waals surface area contributed by atoms with Gasteiger partial charge in [0.15, 0.2) is 0 Å². The second kappa shape index (κ2) is 10.2. The fourth-order valence-electron chi connectivity index (χ4n) is 6.68. The monoisotopic (exact) mass is 532 g/mol. The van der Waals surface area contributed by atoms with E-state index in [1.807, 2.05) is 0 Å². The Morgan fingerprint density at radius 2 is 0.595 bits per heavy atom. The maximum Gasteiger partial charge on any atom is -0.00201 e. The van der Waals surface area contributed by atoms with E-state index >= 15 is 0 Å². The van der Waals surface area contributed by atoms with Gasteiger partial charge in [-0.1, -0.05) is 170 Å². The third-order valence-electron chi connectivity index (χ3n) is 8.49. The molecule has 8 aromatic rings. The third-order valence-corrected chi connectivity index (χ3v) is 8.49. The third kappa shape index (κ3) is 3.92. The van der Waals surface area contributed by atoms with Crippen LogP contribution in [-0.2, 0) is 0 Å². The van der Waals surface area contributed by atoms with Crippen molar-refractivity contribution in [2.75, 3.05) is 0 Å². The lowest BCUT2D eigenvalue weighted by molar-refractivity contribution is 1.60. The standard InChI is InChI=1S/C42H28/c1-2-15-29(16-3-1)32-20-6-8-22-35(32)41-37-24-10-12-26-39(37)42(40-27-13-11-25-38(40)41)36-23-9-7-21-34(36)33-28-14-18-30-17-4-5-19-31(30)33/h1-28H. The van der Waals surface area contributed by atoms with E-state index in [2.05, 4.69) is 170 Å². The van der Waals surface area contributed by atoms with Gasteiger partial charge in [-0.15, -0.1) is 0 Å². The van der Waals surface area contributed by atoms with Crippen molar-refractivity contribution < 1.29 is 0 Å². The molecule has 0 saturated carbocycles. The molecule has 42 heavy (non-hydrogen) atoms. The molecule has 0 N–H and O–H groups in total. The Morgan fingerprint density at radius 3 is 1.19 bits per heavy atom. The first-order chi connectivity index (χ1) is 20.9. The molecular weight excluding hydrogens is 504 g/mol. The molecule has 8 rings (SSSR count). The predicted octanol–water partition coefficient (Wildman–Crippen LogP) is 11.8. The molecule has 8 aromatic carbocycles. The molecule has 0 aliphatic heterocycles. The highest BCUT2D eigenvalue weighted by molar-refractivity contribution is 6.23. The summed E-state index contributed by atoms with van der Waals surface area (Å²) in [6.07, 6.45) is 0. The smallest absolute Gasteiger partial charge is 0.00201 e. The van der Waals surface area contributed by atoms with Crippen molar-refractivity contribution in [1.29, 1.82) is 0 Å². The van der Waals surface area contributed by atoms with Crippen molar-refractivity contribution >= 4 is 32.3 Å². The molecule has 0 fully saturated rings. The van der Waals surface area contributed by atoms with Crippen LogP contribution in [0, 0.1) is 0 Å². The van der Waals surface area contributed by atoms with Gasteiger partial charge in [-0.05, 0) is 76.8 Å². The highest BCUT2D eigenvalue weighted by Crippen LogP contribution is 2.48. The zero-order chi connectivity index (χ0) is 27.9. The summed E-state index contributed by atoms with van der Waals surface area (Å²) in [5.74, 6) is 0. The number of benzene rings is 8. The Hall–Kier alpha value is -5.46. The lowest BCUT2D eigenvalue weighted by Crippen LogP contribution is -1.94. The van der Waals surface area contributed by atoms with Crippen molar-refractivity contribution in [3.63, 3.8) is 0 Å². The Kier molecular flexibility index (Phi) is 5.90. The van der Waals surface area contributed by atoms with Gasteiger partial charge < -0.3 is 0 Å². The SMILES string of the molecule is c1ccc(-c2ccccc2-c2c3ccccc3c(-c3ccccc3-c3cccc4ccccc34)c3ccccc23)cc1. The van der Waals surface area contributed by atoms with Gasteiger partial charge in [0.1, 0.15) is 0 Å². The van der Waals surface area contributed by atoms with Gasteiger partial charge in [-0.2, -0.15) is 0 Å². The van der Waals surface area contributed by atoms with Crippen LogP contribution in [0.4, 0.5) is 0 Å². The zero-order valence-corrected chi connectivity index (χ0v) is 23.2. The molecular formula is C42H28. The minimum atomic E-state index is 1.23. The molecule has 0 bridgehead atoms. The number of rotatable bonds is 4. The Bertz CT molecular complexity index is 2180. The first kappa shape index (κ1) is 24.3. The van der Waals surface area contributed by atoms with Crippen LogP contribution in [0.2, 0.25) is 0 Å². The summed E-state index contributed by atoms with van der Waals surface area (Å²) < 4.78 is 0. The van der Waals surface area contributed by atoms with Crippen LogP contribution in [0.3, 0.4) is 0 Å². The molecule has 0 nitrogen and oxygen atoms in total. The van der Waals surface area contributed by atoms with E-state index in [9.17, 15) is 0 Å². The number of hydrogen-bond acceptors (Lipinski definition) is 0. The lowest BCUT2D eigenvalue weighted by atomic mass is 9.82. The molecule has 0 amide bonds. The largest absolute Gasteiger partial charge is 0.0622 e. The Labute approximate surface area is 246 Å². The van der Waals surface area contributed by atoms with Gasteiger partial charge in [0.25, 0.3) is 0 Å². The van der Waals surface area contributed by atoms with Gasteiger partial charge in [0.2, 0.25) is 0 Å². The summed E-state index contributed by atoms with van der Waals surface area (Å²) in [4.78, 5) is 0. The quantitative estimate of drug-likeness (QED) is 0.198. The maximum absolute atomic E-state index is 2.30. The summed E-state index contributed by atoms with van der Waals surface area (Å²) in [5, 5.41) is 7.59. The van der Waals surface area contributed by atoms with Crippen LogP contribution in [0.5, 0.6) is 0 Å². The van der Waals surface area contributed by atoms with E-state index in [0.717, 1.165) is 0 Å². The predicted molar refractivity (Wildman–Crippen MR) is 181 cm³/mol. The van der Waals surface area contributed by atoms with Crippen LogP contribution in [0.1, 0.15) is 0 Å². The van der Waals surface area contributed by atoms with Gasteiger partial charge >= 0.3 is 0 Å². The Morgan fingerprint density at radius 1 is 0.214 bits per heavy atom. The average molecular weight is 533 g/mol. The summed E-state index contributed by atoms with van der Waals surface area (Å²) in [5.41, 5.74) is 10.1. The summed E-state index contributed by atoms with van der Waals surface area (Å²) in [7, 11) is 0. The summed E-state index contributed by atoms with van der Waals surface area (Å²) in [6.45, 7) is 0. The molecule has 0 aliphatic rings. The van der Waals surface area contributed by atoms with Crippen LogP contribution < -0.4 is 0 Å². The molecule has 0 heteroatoms. The van der Waals surface area contributed by atoms with E-state index in [4.69, 9.17) is 0 Å². The van der Waals surface area contributed by atoms with Crippen molar-refractivity contribution in [2.24, 2.45) is 0 Å². The minimum absolute atomic E-state index is 1.23. The van der Waals surface area contributed by atoms with E-state index in [1.54, 1.807) is 0 Å². The van der Waals surface area contributed by atoms with Gasteiger partial charge in [0.05, 0.1) is 0 Å². The first-order valence-corrected chi connectivity index (χ1v) is 14.5. The van der Waals surface area contributed by atoms with Crippen molar-refractivity contribution in [2.45, 2.75) is 0 Å². The van der Waals surface area contributed by atoms with Crippen LogP contribution in [-0.4, -0.2) is 0 Å². The molecule has 0 aliphatic carbocycles. The van der Waals surface area contributed by atoms with Crippen molar-refractivity contribution in [3.8, 4) is 44.5 Å². The minimum Gasteiger partial charge on any atom is -0.0622 e.